The van der Waals surface area contributed by atoms with E-state index in [-0.39, 0.29) is 5.63 Å². The van der Waals surface area contributed by atoms with Gasteiger partial charge >= 0.3 is 5.63 Å². The zero-order chi connectivity index (χ0) is 14.4. The van der Waals surface area contributed by atoms with Crippen LogP contribution in [0, 0.1) is 0 Å². The molecule has 4 rings (SSSR count). The average Bonchev–Trinajstić information content (AvgIpc) is 2.53. The number of fused-ring (bicyclic) bond motifs is 4. The number of anilines is 2. The quantitative estimate of drug-likeness (QED) is 0.538. The standard InChI is InChI=1S/C16H11NO3S/c1-19-11-7-4-8-12-14(11)17-13-9-5-2-3-6-10(9)20-16(18)15(13)21-12/h2-8,17H,1H3. The number of nitrogens with one attached hydrogen (secondary N) is 1. The van der Waals surface area contributed by atoms with Gasteiger partial charge in [0.2, 0.25) is 0 Å². The first-order chi connectivity index (χ1) is 10.3. The van der Waals surface area contributed by atoms with E-state index in [4.69, 9.17) is 9.15 Å². The van der Waals surface area contributed by atoms with Crippen LogP contribution < -0.4 is 15.7 Å². The lowest BCUT2D eigenvalue weighted by atomic mass is 10.2. The van der Waals surface area contributed by atoms with E-state index in [0.717, 1.165) is 27.4 Å². The fourth-order valence-electron chi connectivity index (χ4n) is 2.47. The first-order valence-corrected chi connectivity index (χ1v) is 7.27. The predicted octanol–water partition coefficient (Wildman–Crippen LogP) is 4.01. The summed E-state index contributed by atoms with van der Waals surface area (Å²) in [5.74, 6) is 0.753. The van der Waals surface area contributed by atoms with Crippen molar-refractivity contribution in [2.24, 2.45) is 0 Å². The number of rotatable bonds is 1. The van der Waals surface area contributed by atoms with Gasteiger partial charge in [-0.1, -0.05) is 30.0 Å². The fraction of sp³-hybridized carbons (Fsp3) is 0.0625. The first-order valence-electron chi connectivity index (χ1n) is 6.45. The molecule has 0 unspecified atom stereocenters. The number of para-hydroxylation sites is 2. The lowest BCUT2D eigenvalue weighted by Gasteiger charge is -2.22. The molecule has 0 amide bonds. The van der Waals surface area contributed by atoms with Gasteiger partial charge in [-0.25, -0.2) is 4.79 Å². The molecule has 2 aromatic carbocycles. The molecule has 0 saturated heterocycles. The molecule has 0 atom stereocenters. The smallest absolute Gasteiger partial charge is 0.352 e. The molecule has 1 aromatic heterocycles. The highest BCUT2D eigenvalue weighted by atomic mass is 32.2. The third-order valence-corrected chi connectivity index (χ3v) is 4.58. The Morgan fingerprint density at radius 1 is 1.10 bits per heavy atom. The summed E-state index contributed by atoms with van der Waals surface area (Å²) in [5, 5.41) is 4.22. The van der Waals surface area contributed by atoms with Gasteiger partial charge < -0.3 is 14.5 Å². The second-order valence-electron chi connectivity index (χ2n) is 4.65. The number of hydrogen-bond acceptors (Lipinski definition) is 5. The lowest BCUT2D eigenvalue weighted by Crippen LogP contribution is -2.11. The highest BCUT2D eigenvalue weighted by molar-refractivity contribution is 7.99. The van der Waals surface area contributed by atoms with Crippen LogP contribution in [0.1, 0.15) is 0 Å². The van der Waals surface area contributed by atoms with Crippen molar-refractivity contribution in [2.45, 2.75) is 9.79 Å². The molecule has 0 radical (unpaired) electrons. The van der Waals surface area contributed by atoms with Crippen LogP contribution >= 0.6 is 11.8 Å². The molecule has 104 valence electrons. The van der Waals surface area contributed by atoms with Crippen molar-refractivity contribution in [2.75, 3.05) is 12.4 Å². The SMILES string of the molecule is COc1cccc2c1Nc1c(c(=O)oc3ccccc13)S2. The largest absolute Gasteiger partial charge is 0.495 e. The van der Waals surface area contributed by atoms with Crippen LogP contribution in [0.4, 0.5) is 11.4 Å². The average molecular weight is 297 g/mol. The summed E-state index contributed by atoms with van der Waals surface area (Å²) in [7, 11) is 1.63. The van der Waals surface area contributed by atoms with Crippen LogP contribution in [0.5, 0.6) is 5.75 Å². The van der Waals surface area contributed by atoms with E-state index in [0.29, 0.717) is 10.5 Å². The molecule has 0 spiro atoms. The Hall–Kier alpha value is -2.40. The molecule has 0 saturated carbocycles. The predicted molar refractivity (Wildman–Crippen MR) is 82.9 cm³/mol. The van der Waals surface area contributed by atoms with Crippen LogP contribution in [0.25, 0.3) is 11.0 Å². The third-order valence-electron chi connectivity index (χ3n) is 3.44. The Labute approximate surface area is 124 Å². The van der Waals surface area contributed by atoms with Crippen LogP contribution in [0.15, 0.2) is 61.5 Å². The zero-order valence-corrected chi connectivity index (χ0v) is 12.0. The van der Waals surface area contributed by atoms with Gasteiger partial charge in [0.15, 0.2) is 0 Å². The number of ether oxygens (including phenoxy) is 1. The molecule has 5 heteroatoms. The van der Waals surface area contributed by atoms with Crippen molar-refractivity contribution in [3.05, 3.63) is 52.9 Å². The van der Waals surface area contributed by atoms with Gasteiger partial charge in [0, 0.05) is 10.3 Å². The lowest BCUT2D eigenvalue weighted by molar-refractivity contribution is 0.416. The summed E-state index contributed by atoms with van der Waals surface area (Å²) >= 11 is 1.40. The fourth-order valence-corrected chi connectivity index (χ4v) is 3.48. The van der Waals surface area contributed by atoms with E-state index in [2.05, 4.69) is 5.32 Å². The van der Waals surface area contributed by atoms with Gasteiger partial charge in [0.05, 0.1) is 18.5 Å². The van der Waals surface area contributed by atoms with Crippen molar-refractivity contribution in [1.82, 2.24) is 0 Å². The van der Waals surface area contributed by atoms with Gasteiger partial charge in [-0.2, -0.15) is 0 Å². The minimum atomic E-state index is -0.324. The van der Waals surface area contributed by atoms with E-state index >= 15 is 0 Å². The second kappa shape index (κ2) is 4.56. The Morgan fingerprint density at radius 2 is 1.95 bits per heavy atom. The molecular weight excluding hydrogens is 286 g/mol. The summed E-state index contributed by atoms with van der Waals surface area (Å²) in [6.07, 6.45) is 0. The van der Waals surface area contributed by atoms with E-state index in [1.54, 1.807) is 13.2 Å². The maximum Gasteiger partial charge on any atom is 0.352 e. The van der Waals surface area contributed by atoms with E-state index < -0.39 is 0 Å². The minimum absolute atomic E-state index is 0.324. The number of benzene rings is 2. The maximum atomic E-state index is 12.2. The second-order valence-corrected chi connectivity index (χ2v) is 5.70. The Kier molecular flexibility index (Phi) is 2.68. The monoisotopic (exact) mass is 297 g/mol. The Bertz CT molecular complexity index is 917. The summed E-state index contributed by atoms with van der Waals surface area (Å²) in [6, 6.07) is 13.2. The zero-order valence-electron chi connectivity index (χ0n) is 11.2. The third kappa shape index (κ3) is 1.81. The van der Waals surface area contributed by atoms with Crippen LogP contribution in [-0.2, 0) is 0 Å². The van der Waals surface area contributed by atoms with E-state index in [1.165, 1.54) is 11.8 Å². The highest BCUT2D eigenvalue weighted by Gasteiger charge is 2.24. The molecule has 0 fully saturated rings. The molecule has 0 bridgehead atoms. The molecule has 2 heterocycles. The van der Waals surface area contributed by atoms with Gasteiger partial charge in [0.1, 0.15) is 16.2 Å². The highest BCUT2D eigenvalue weighted by Crippen LogP contribution is 2.48. The van der Waals surface area contributed by atoms with Crippen molar-refractivity contribution >= 4 is 34.1 Å². The summed E-state index contributed by atoms with van der Waals surface area (Å²) in [5.41, 5.74) is 1.92. The van der Waals surface area contributed by atoms with Crippen molar-refractivity contribution in [1.29, 1.82) is 0 Å². The molecule has 1 N–H and O–H groups in total. The summed E-state index contributed by atoms with van der Waals surface area (Å²) in [6.45, 7) is 0. The summed E-state index contributed by atoms with van der Waals surface area (Å²) < 4.78 is 10.8. The molecule has 4 nitrogen and oxygen atoms in total. The van der Waals surface area contributed by atoms with Crippen molar-refractivity contribution in [3.8, 4) is 5.75 Å². The Morgan fingerprint density at radius 3 is 2.81 bits per heavy atom. The number of methoxy groups -OCH3 is 1. The van der Waals surface area contributed by atoms with E-state index in [9.17, 15) is 4.79 Å². The minimum Gasteiger partial charge on any atom is -0.495 e. The van der Waals surface area contributed by atoms with E-state index in [1.807, 2.05) is 36.4 Å². The topological polar surface area (TPSA) is 51.5 Å². The maximum absolute atomic E-state index is 12.2. The van der Waals surface area contributed by atoms with Crippen molar-refractivity contribution < 1.29 is 9.15 Å². The molecule has 1 aliphatic rings. The van der Waals surface area contributed by atoms with Crippen LogP contribution in [-0.4, -0.2) is 7.11 Å². The molecule has 0 aliphatic carbocycles. The van der Waals surface area contributed by atoms with Gasteiger partial charge in [-0.05, 0) is 24.3 Å². The van der Waals surface area contributed by atoms with Gasteiger partial charge in [-0.15, -0.1) is 0 Å². The Balaban J connectivity index is 2.01. The first kappa shape index (κ1) is 12.3. The van der Waals surface area contributed by atoms with Crippen molar-refractivity contribution in [3.63, 3.8) is 0 Å². The normalized spacial score (nSPS) is 12.4. The molecular formula is C16H11NO3S. The molecule has 3 aromatic rings. The van der Waals surface area contributed by atoms with Gasteiger partial charge in [-0.3, -0.25) is 0 Å². The van der Waals surface area contributed by atoms with Crippen LogP contribution in [0.3, 0.4) is 0 Å². The summed E-state index contributed by atoms with van der Waals surface area (Å²) in [4.78, 5) is 13.7. The molecule has 1 aliphatic heterocycles. The van der Waals surface area contributed by atoms with Crippen LogP contribution in [0.2, 0.25) is 0 Å². The number of hydrogen-bond donors (Lipinski definition) is 1. The van der Waals surface area contributed by atoms with Gasteiger partial charge in [0.25, 0.3) is 0 Å². The molecule has 21 heavy (non-hydrogen) atoms.